The smallest absolute Gasteiger partial charge is 0.211 e. The van der Waals surface area contributed by atoms with Crippen LogP contribution in [0.4, 0.5) is 4.39 Å². The second-order valence-electron chi connectivity index (χ2n) is 4.87. The van der Waals surface area contributed by atoms with Gasteiger partial charge in [0.1, 0.15) is 5.82 Å². The van der Waals surface area contributed by atoms with Gasteiger partial charge in [-0.3, -0.25) is 9.69 Å². The lowest BCUT2D eigenvalue weighted by molar-refractivity contribution is 0.0902. The second-order valence-corrected chi connectivity index (χ2v) is 6.85. The highest BCUT2D eigenvalue weighted by molar-refractivity contribution is 7.88. The van der Waals surface area contributed by atoms with Crippen LogP contribution in [0.2, 0.25) is 0 Å². The molecule has 20 heavy (non-hydrogen) atoms. The Morgan fingerprint density at radius 1 is 1.15 bits per heavy atom. The Labute approximate surface area is 118 Å². The van der Waals surface area contributed by atoms with Crippen molar-refractivity contribution in [2.75, 3.05) is 39.0 Å². The third kappa shape index (κ3) is 3.84. The van der Waals surface area contributed by atoms with Gasteiger partial charge in [0.2, 0.25) is 10.0 Å². The fourth-order valence-corrected chi connectivity index (χ4v) is 2.98. The number of piperazine rings is 1. The van der Waals surface area contributed by atoms with Crippen LogP contribution in [0.5, 0.6) is 0 Å². The zero-order valence-electron chi connectivity index (χ0n) is 11.3. The number of rotatable bonds is 4. The summed E-state index contributed by atoms with van der Waals surface area (Å²) in [7, 11) is -3.15. The summed E-state index contributed by atoms with van der Waals surface area (Å²) in [4.78, 5) is 13.9. The molecule has 5 nitrogen and oxygen atoms in total. The minimum atomic E-state index is -3.15. The van der Waals surface area contributed by atoms with Crippen LogP contribution in [-0.4, -0.2) is 62.4 Å². The largest absolute Gasteiger partial charge is 0.293 e. The molecule has 1 aliphatic heterocycles. The fraction of sp³-hybridized carbons (Fsp3) is 0.462. The number of sulfonamides is 1. The van der Waals surface area contributed by atoms with Gasteiger partial charge in [-0.2, -0.15) is 4.31 Å². The standard InChI is InChI=1S/C13H17FN2O3S/c1-20(18,19)16-8-6-15(7-9-16)10-13(17)11-2-4-12(14)5-3-11/h2-5H,6-10H2,1H3. The molecule has 7 heteroatoms. The van der Waals surface area contributed by atoms with Crippen LogP contribution in [0.25, 0.3) is 0 Å². The minimum absolute atomic E-state index is 0.0854. The predicted molar refractivity (Wildman–Crippen MR) is 73.6 cm³/mol. The summed E-state index contributed by atoms with van der Waals surface area (Å²) in [5, 5.41) is 0. The number of nitrogens with zero attached hydrogens (tertiary/aromatic N) is 2. The van der Waals surface area contributed by atoms with E-state index in [1.165, 1.54) is 34.8 Å². The lowest BCUT2D eigenvalue weighted by Gasteiger charge is -2.32. The van der Waals surface area contributed by atoms with E-state index in [2.05, 4.69) is 0 Å². The number of benzene rings is 1. The van der Waals surface area contributed by atoms with Crippen LogP contribution in [-0.2, 0) is 10.0 Å². The molecule has 110 valence electrons. The average Bonchev–Trinajstić information content (AvgIpc) is 2.39. The highest BCUT2D eigenvalue weighted by Gasteiger charge is 2.24. The molecule has 0 aliphatic carbocycles. The van der Waals surface area contributed by atoms with Crippen LogP contribution < -0.4 is 0 Å². The van der Waals surface area contributed by atoms with E-state index in [1.54, 1.807) is 0 Å². The Hall–Kier alpha value is -1.31. The van der Waals surface area contributed by atoms with Crippen molar-refractivity contribution in [3.8, 4) is 0 Å². The van der Waals surface area contributed by atoms with Gasteiger partial charge in [-0.05, 0) is 24.3 Å². The zero-order valence-corrected chi connectivity index (χ0v) is 12.1. The lowest BCUT2D eigenvalue weighted by Crippen LogP contribution is -2.49. The number of carbonyl (C=O) groups is 1. The van der Waals surface area contributed by atoms with Gasteiger partial charge >= 0.3 is 0 Å². The molecule has 0 unspecified atom stereocenters. The van der Waals surface area contributed by atoms with Crippen molar-refractivity contribution in [3.05, 3.63) is 35.6 Å². The van der Waals surface area contributed by atoms with E-state index >= 15 is 0 Å². The van der Waals surface area contributed by atoms with Crippen molar-refractivity contribution >= 4 is 15.8 Å². The van der Waals surface area contributed by atoms with Crippen LogP contribution >= 0.6 is 0 Å². The molecule has 1 aromatic rings. The summed E-state index contributed by atoms with van der Waals surface area (Å²) in [6, 6.07) is 5.44. The molecule has 1 aromatic carbocycles. The minimum Gasteiger partial charge on any atom is -0.293 e. The molecule has 1 fully saturated rings. The Bertz CT molecular complexity index is 578. The number of hydrogen-bond acceptors (Lipinski definition) is 4. The molecule has 0 aromatic heterocycles. The molecule has 1 heterocycles. The summed E-state index contributed by atoms with van der Waals surface area (Å²) in [5.74, 6) is -0.457. The highest BCUT2D eigenvalue weighted by Crippen LogP contribution is 2.09. The van der Waals surface area contributed by atoms with Crippen molar-refractivity contribution in [2.24, 2.45) is 0 Å². The van der Waals surface area contributed by atoms with E-state index in [0.29, 0.717) is 31.7 Å². The monoisotopic (exact) mass is 300 g/mol. The van der Waals surface area contributed by atoms with Crippen molar-refractivity contribution in [2.45, 2.75) is 0 Å². The first-order chi connectivity index (χ1) is 9.36. The van der Waals surface area contributed by atoms with Crippen LogP contribution in [0.1, 0.15) is 10.4 Å². The van der Waals surface area contributed by atoms with E-state index in [4.69, 9.17) is 0 Å². The molecule has 2 rings (SSSR count). The Balaban J connectivity index is 1.89. The summed E-state index contributed by atoms with van der Waals surface area (Å²) in [6.45, 7) is 2.08. The molecule has 0 bridgehead atoms. The maximum atomic E-state index is 12.8. The number of Topliss-reactive ketones (excluding diaryl/α,β-unsaturated/α-hetero) is 1. The maximum absolute atomic E-state index is 12.8. The predicted octanol–water partition coefficient (Wildman–Crippen LogP) is 0.586. The van der Waals surface area contributed by atoms with Crippen molar-refractivity contribution < 1.29 is 17.6 Å². The molecular formula is C13H17FN2O3S. The number of ketones is 1. The van der Waals surface area contributed by atoms with E-state index in [0.717, 1.165) is 0 Å². The molecule has 0 amide bonds. The molecule has 1 aliphatic rings. The number of halogens is 1. The van der Waals surface area contributed by atoms with Gasteiger partial charge < -0.3 is 0 Å². The van der Waals surface area contributed by atoms with Crippen molar-refractivity contribution in [1.29, 1.82) is 0 Å². The molecule has 0 N–H and O–H groups in total. The zero-order chi connectivity index (χ0) is 14.8. The van der Waals surface area contributed by atoms with Gasteiger partial charge in [0.25, 0.3) is 0 Å². The molecular weight excluding hydrogens is 283 g/mol. The fourth-order valence-electron chi connectivity index (χ4n) is 2.15. The first-order valence-electron chi connectivity index (χ1n) is 6.32. The summed E-state index contributed by atoms with van der Waals surface area (Å²) in [5.41, 5.74) is 0.469. The third-order valence-electron chi connectivity index (χ3n) is 3.33. The van der Waals surface area contributed by atoms with Gasteiger partial charge in [-0.15, -0.1) is 0 Å². The van der Waals surface area contributed by atoms with E-state index in [-0.39, 0.29) is 18.1 Å². The molecule has 0 atom stereocenters. The summed E-state index contributed by atoms with van der Waals surface area (Å²) >= 11 is 0. The van der Waals surface area contributed by atoms with Gasteiger partial charge in [0.15, 0.2) is 5.78 Å². The maximum Gasteiger partial charge on any atom is 0.211 e. The summed E-state index contributed by atoms with van der Waals surface area (Å²) in [6.07, 6.45) is 1.19. The summed E-state index contributed by atoms with van der Waals surface area (Å²) < 4.78 is 36.9. The Morgan fingerprint density at radius 2 is 1.70 bits per heavy atom. The first kappa shape index (κ1) is 15.1. The lowest BCUT2D eigenvalue weighted by atomic mass is 10.1. The SMILES string of the molecule is CS(=O)(=O)N1CCN(CC(=O)c2ccc(F)cc2)CC1. The van der Waals surface area contributed by atoms with Crippen LogP contribution in [0, 0.1) is 5.82 Å². The average molecular weight is 300 g/mol. The number of carbonyl (C=O) groups excluding carboxylic acids is 1. The van der Waals surface area contributed by atoms with Crippen molar-refractivity contribution in [3.63, 3.8) is 0 Å². The van der Waals surface area contributed by atoms with Crippen LogP contribution in [0.15, 0.2) is 24.3 Å². The third-order valence-corrected chi connectivity index (χ3v) is 4.64. The van der Waals surface area contributed by atoms with E-state index in [1.807, 2.05) is 4.90 Å². The molecule has 0 spiro atoms. The quantitative estimate of drug-likeness (QED) is 0.764. The van der Waals surface area contributed by atoms with E-state index < -0.39 is 10.0 Å². The van der Waals surface area contributed by atoms with Gasteiger partial charge in [-0.1, -0.05) is 0 Å². The van der Waals surface area contributed by atoms with Crippen LogP contribution in [0.3, 0.4) is 0 Å². The molecule has 1 saturated heterocycles. The van der Waals surface area contributed by atoms with Gasteiger partial charge in [0.05, 0.1) is 12.8 Å². The highest BCUT2D eigenvalue weighted by atomic mass is 32.2. The molecule has 0 radical (unpaired) electrons. The first-order valence-corrected chi connectivity index (χ1v) is 8.17. The molecule has 0 saturated carbocycles. The topological polar surface area (TPSA) is 57.7 Å². The Morgan fingerprint density at radius 3 is 2.20 bits per heavy atom. The second kappa shape index (κ2) is 5.99. The van der Waals surface area contributed by atoms with Crippen molar-refractivity contribution in [1.82, 2.24) is 9.21 Å². The van der Waals surface area contributed by atoms with Gasteiger partial charge in [0, 0.05) is 31.7 Å². The van der Waals surface area contributed by atoms with E-state index in [9.17, 15) is 17.6 Å². The van der Waals surface area contributed by atoms with Gasteiger partial charge in [-0.25, -0.2) is 12.8 Å². The number of hydrogen-bond donors (Lipinski definition) is 0. The Kier molecular flexibility index (Phi) is 4.52. The normalized spacial score (nSPS) is 18.1.